The molecule has 3 rings (SSSR count). The van der Waals surface area contributed by atoms with E-state index in [4.69, 9.17) is 0 Å². The van der Waals surface area contributed by atoms with Gasteiger partial charge in [0.2, 0.25) is 0 Å². The summed E-state index contributed by atoms with van der Waals surface area (Å²) < 4.78 is 1.19. The van der Waals surface area contributed by atoms with Crippen LogP contribution in [0.2, 0.25) is 0 Å². The van der Waals surface area contributed by atoms with Crippen molar-refractivity contribution in [2.45, 2.75) is 26.4 Å². The third kappa shape index (κ3) is 2.67. The van der Waals surface area contributed by atoms with Gasteiger partial charge in [-0.3, -0.25) is 4.98 Å². The highest BCUT2D eigenvalue weighted by Gasteiger charge is 2.06. The first-order valence-electron chi connectivity index (χ1n) is 6.33. The van der Waals surface area contributed by atoms with Gasteiger partial charge in [0.15, 0.2) is 0 Å². The number of H-pyrrole nitrogens is 1. The van der Waals surface area contributed by atoms with Crippen LogP contribution in [0.25, 0.3) is 21.6 Å². The fraction of sp³-hybridized carbons (Fsp3) is 0.286. The first-order chi connectivity index (χ1) is 9.22. The Labute approximate surface area is 115 Å². The van der Waals surface area contributed by atoms with Crippen LogP contribution < -0.4 is 5.32 Å². The molecule has 0 saturated heterocycles. The molecule has 0 aliphatic heterocycles. The van der Waals surface area contributed by atoms with E-state index in [0.717, 1.165) is 29.1 Å². The van der Waals surface area contributed by atoms with Crippen molar-refractivity contribution in [3.8, 4) is 11.4 Å². The normalized spacial score (nSPS) is 11.5. The van der Waals surface area contributed by atoms with Crippen LogP contribution in [-0.4, -0.2) is 21.0 Å². The summed E-state index contributed by atoms with van der Waals surface area (Å²) in [5, 5.41) is 5.42. The van der Waals surface area contributed by atoms with Crippen molar-refractivity contribution in [2.75, 3.05) is 0 Å². The zero-order chi connectivity index (χ0) is 13.2. The zero-order valence-corrected chi connectivity index (χ0v) is 11.8. The minimum Gasteiger partial charge on any atom is -0.341 e. The second kappa shape index (κ2) is 5.11. The highest BCUT2D eigenvalue weighted by molar-refractivity contribution is 7.17. The molecule has 0 radical (unpaired) electrons. The van der Waals surface area contributed by atoms with E-state index < -0.39 is 0 Å². The van der Waals surface area contributed by atoms with E-state index in [-0.39, 0.29) is 0 Å². The average Bonchev–Trinajstić information content (AvgIpc) is 3.04. The number of imidazole rings is 1. The maximum atomic E-state index is 4.44. The van der Waals surface area contributed by atoms with Crippen molar-refractivity contribution in [1.29, 1.82) is 0 Å². The first-order valence-corrected chi connectivity index (χ1v) is 7.21. The van der Waals surface area contributed by atoms with Crippen LogP contribution in [0.4, 0.5) is 0 Å². The minimum absolute atomic E-state index is 0.468. The van der Waals surface area contributed by atoms with Crippen molar-refractivity contribution < 1.29 is 0 Å². The third-order valence-corrected chi connectivity index (χ3v) is 3.76. The van der Waals surface area contributed by atoms with Gasteiger partial charge >= 0.3 is 0 Å². The number of fused-ring (bicyclic) bond motifs is 1. The van der Waals surface area contributed by atoms with Crippen LogP contribution in [0.15, 0.2) is 29.9 Å². The lowest BCUT2D eigenvalue weighted by Gasteiger charge is -2.05. The van der Waals surface area contributed by atoms with Gasteiger partial charge in [-0.05, 0) is 17.5 Å². The quantitative estimate of drug-likeness (QED) is 0.767. The zero-order valence-electron chi connectivity index (χ0n) is 11.0. The summed E-state index contributed by atoms with van der Waals surface area (Å²) in [7, 11) is 0. The van der Waals surface area contributed by atoms with Crippen molar-refractivity contribution >= 4 is 21.6 Å². The molecule has 0 aliphatic carbocycles. The van der Waals surface area contributed by atoms with Gasteiger partial charge in [-0.15, -0.1) is 11.3 Å². The molecule has 3 heterocycles. The molecule has 5 heteroatoms. The Hall–Kier alpha value is -1.72. The standard InChI is InChI=1S/C14H16N4S/c1-9(2)15-7-11-8-17-14(18-11)10-5-13-12(16-6-10)3-4-19-13/h3-6,8-9,15H,7H2,1-2H3,(H,17,18). The van der Waals surface area contributed by atoms with Crippen molar-refractivity contribution in [2.24, 2.45) is 0 Å². The molecule has 19 heavy (non-hydrogen) atoms. The van der Waals surface area contributed by atoms with Crippen LogP contribution in [0, 0.1) is 0 Å². The molecule has 0 fully saturated rings. The Balaban J connectivity index is 1.85. The third-order valence-electron chi connectivity index (χ3n) is 2.91. The lowest BCUT2D eigenvalue weighted by atomic mass is 10.2. The highest BCUT2D eigenvalue weighted by atomic mass is 32.1. The van der Waals surface area contributed by atoms with Crippen molar-refractivity contribution in [3.05, 3.63) is 35.6 Å². The summed E-state index contributed by atoms with van der Waals surface area (Å²) in [6.45, 7) is 5.07. The van der Waals surface area contributed by atoms with Gasteiger partial charge in [0, 0.05) is 36.2 Å². The van der Waals surface area contributed by atoms with E-state index in [0.29, 0.717) is 6.04 Å². The predicted molar refractivity (Wildman–Crippen MR) is 79.2 cm³/mol. The number of thiophene rings is 1. The number of aromatic nitrogens is 3. The van der Waals surface area contributed by atoms with E-state index >= 15 is 0 Å². The predicted octanol–water partition coefficient (Wildman–Crippen LogP) is 3.18. The molecule has 0 aromatic carbocycles. The number of aromatic amines is 1. The van der Waals surface area contributed by atoms with Crippen LogP contribution in [0.1, 0.15) is 19.5 Å². The molecule has 0 saturated carbocycles. The topological polar surface area (TPSA) is 53.6 Å². The second-order valence-electron chi connectivity index (χ2n) is 4.82. The molecule has 0 amide bonds. The number of nitrogens with one attached hydrogen (secondary N) is 2. The molecular formula is C14H16N4S. The molecule has 3 aromatic heterocycles. The van der Waals surface area contributed by atoms with E-state index in [1.54, 1.807) is 11.3 Å². The molecule has 0 unspecified atom stereocenters. The van der Waals surface area contributed by atoms with E-state index in [1.807, 2.05) is 18.5 Å². The second-order valence-corrected chi connectivity index (χ2v) is 5.77. The van der Waals surface area contributed by atoms with Crippen LogP contribution in [0.5, 0.6) is 0 Å². The fourth-order valence-corrected chi connectivity index (χ4v) is 2.67. The monoisotopic (exact) mass is 272 g/mol. The largest absolute Gasteiger partial charge is 0.341 e. The van der Waals surface area contributed by atoms with Crippen LogP contribution >= 0.6 is 11.3 Å². The van der Waals surface area contributed by atoms with E-state index in [1.165, 1.54) is 4.70 Å². The Bertz CT molecular complexity index is 683. The first kappa shape index (κ1) is 12.3. The van der Waals surface area contributed by atoms with Gasteiger partial charge in [0.1, 0.15) is 5.82 Å². The molecular weight excluding hydrogens is 256 g/mol. The van der Waals surface area contributed by atoms with Crippen LogP contribution in [0.3, 0.4) is 0 Å². The Morgan fingerprint density at radius 1 is 1.32 bits per heavy atom. The number of rotatable bonds is 4. The smallest absolute Gasteiger partial charge is 0.139 e. The number of pyridine rings is 1. The summed E-state index contributed by atoms with van der Waals surface area (Å²) in [6.07, 6.45) is 3.75. The van der Waals surface area contributed by atoms with Crippen molar-refractivity contribution in [3.63, 3.8) is 0 Å². The number of hydrogen-bond acceptors (Lipinski definition) is 4. The molecule has 0 aliphatic rings. The lowest BCUT2D eigenvalue weighted by Crippen LogP contribution is -2.21. The molecule has 98 valence electrons. The maximum Gasteiger partial charge on any atom is 0.139 e. The number of nitrogens with zero attached hydrogens (tertiary/aromatic N) is 2. The molecule has 0 bridgehead atoms. The molecule has 0 spiro atoms. The Morgan fingerprint density at radius 3 is 3.05 bits per heavy atom. The molecule has 3 aromatic rings. The molecule has 4 nitrogen and oxygen atoms in total. The van der Waals surface area contributed by atoms with Gasteiger partial charge in [-0.25, -0.2) is 4.98 Å². The summed E-state index contributed by atoms with van der Waals surface area (Å²) >= 11 is 1.70. The lowest BCUT2D eigenvalue weighted by molar-refractivity contribution is 0.583. The summed E-state index contributed by atoms with van der Waals surface area (Å²) in [4.78, 5) is 12.2. The summed E-state index contributed by atoms with van der Waals surface area (Å²) in [5.41, 5.74) is 3.17. The number of hydrogen-bond donors (Lipinski definition) is 2. The average molecular weight is 272 g/mol. The summed E-state index contributed by atoms with van der Waals surface area (Å²) in [5.74, 6) is 0.878. The van der Waals surface area contributed by atoms with Crippen LogP contribution in [-0.2, 0) is 6.54 Å². The SMILES string of the molecule is CC(C)NCc1cnc(-c2cnc3ccsc3c2)[nH]1. The van der Waals surface area contributed by atoms with Gasteiger partial charge in [-0.1, -0.05) is 13.8 Å². The van der Waals surface area contributed by atoms with Gasteiger partial charge in [0.05, 0.1) is 10.2 Å². The molecule has 2 N–H and O–H groups in total. The van der Waals surface area contributed by atoms with E-state index in [9.17, 15) is 0 Å². The minimum atomic E-state index is 0.468. The summed E-state index contributed by atoms with van der Waals surface area (Å²) in [6, 6.07) is 4.63. The van der Waals surface area contributed by atoms with Crippen molar-refractivity contribution in [1.82, 2.24) is 20.3 Å². The van der Waals surface area contributed by atoms with E-state index in [2.05, 4.69) is 45.6 Å². The van der Waals surface area contributed by atoms with Gasteiger partial charge in [-0.2, -0.15) is 0 Å². The van der Waals surface area contributed by atoms with Gasteiger partial charge < -0.3 is 10.3 Å². The maximum absolute atomic E-state index is 4.44. The molecule has 0 atom stereocenters. The fourth-order valence-electron chi connectivity index (χ4n) is 1.89. The highest BCUT2D eigenvalue weighted by Crippen LogP contribution is 2.24. The Kier molecular flexibility index (Phi) is 3.31. The Morgan fingerprint density at radius 2 is 2.21 bits per heavy atom. The van der Waals surface area contributed by atoms with Gasteiger partial charge in [0.25, 0.3) is 0 Å².